The molecule has 0 unspecified atom stereocenters. The Labute approximate surface area is 435 Å². The molecule has 4 rings (SSSR count). The normalized spacial score (nSPS) is 21.3. The molecule has 0 spiro atoms. The predicted molar refractivity (Wildman–Crippen MR) is 281 cm³/mol. The van der Waals surface area contributed by atoms with Crippen molar-refractivity contribution in [1.29, 1.82) is 0 Å². The van der Waals surface area contributed by atoms with Crippen LogP contribution >= 0.6 is 0 Å². The molecular formula is C50H74N16O9. The first-order chi connectivity index (χ1) is 35.7. The van der Waals surface area contributed by atoms with Crippen LogP contribution in [0.1, 0.15) is 89.7 Å². The highest BCUT2D eigenvalue weighted by atomic mass is 16.2. The Hall–Kier alpha value is -8.25. The van der Waals surface area contributed by atoms with Crippen LogP contribution in [-0.2, 0) is 56.0 Å². The first-order valence-corrected chi connectivity index (χ1v) is 25.1. The molecule has 0 saturated carbocycles. The number of H-pyrrole nitrogens is 1. The van der Waals surface area contributed by atoms with Gasteiger partial charge in [-0.15, -0.1) is 0 Å². The van der Waals surface area contributed by atoms with Gasteiger partial charge in [0.1, 0.15) is 42.3 Å². The number of benzene rings is 2. The van der Waals surface area contributed by atoms with E-state index in [9.17, 15) is 43.2 Å². The summed E-state index contributed by atoms with van der Waals surface area (Å²) in [5.74, 6) is -7.88. The molecule has 0 radical (unpaired) electrons. The topological polar surface area (TPSA) is 420 Å². The van der Waals surface area contributed by atoms with E-state index in [-0.39, 0.29) is 76.5 Å². The summed E-state index contributed by atoms with van der Waals surface area (Å²) in [6, 6.07) is 6.76. The summed E-state index contributed by atoms with van der Waals surface area (Å²) >= 11 is 0. The fourth-order valence-corrected chi connectivity index (χ4v) is 8.35. The van der Waals surface area contributed by atoms with Gasteiger partial charge < -0.3 is 76.2 Å². The van der Waals surface area contributed by atoms with Crippen LogP contribution in [0.5, 0.6) is 0 Å². The van der Waals surface area contributed by atoms with Crippen LogP contribution in [0, 0.1) is 5.92 Å². The maximum Gasteiger partial charge on any atom is 0.243 e. The van der Waals surface area contributed by atoms with Crippen LogP contribution < -0.4 is 71.2 Å². The molecular weight excluding hydrogens is 969 g/mol. The van der Waals surface area contributed by atoms with Crippen molar-refractivity contribution < 1.29 is 43.2 Å². The van der Waals surface area contributed by atoms with Gasteiger partial charge in [-0.3, -0.25) is 53.1 Å². The summed E-state index contributed by atoms with van der Waals surface area (Å²) < 4.78 is 0. The Morgan fingerprint density at radius 2 is 1.31 bits per heavy atom. The Morgan fingerprint density at radius 3 is 1.97 bits per heavy atom. The Kier molecular flexibility index (Phi) is 23.8. The molecule has 19 N–H and O–H groups in total. The van der Waals surface area contributed by atoms with Gasteiger partial charge in [-0.1, -0.05) is 75.2 Å². The van der Waals surface area contributed by atoms with Crippen molar-refractivity contribution >= 4 is 76.0 Å². The van der Waals surface area contributed by atoms with Gasteiger partial charge >= 0.3 is 0 Å². The number of rotatable bonds is 17. The number of guanidine groups is 2. The van der Waals surface area contributed by atoms with Crippen LogP contribution in [0.3, 0.4) is 0 Å². The summed E-state index contributed by atoms with van der Waals surface area (Å²) in [5, 5.41) is 22.3. The molecule has 25 heteroatoms. The van der Waals surface area contributed by atoms with Crippen molar-refractivity contribution in [3.8, 4) is 0 Å². The smallest absolute Gasteiger partial charge is 0.243 e. The number of hydrogen-bond acceptors (Lipinski definition) is 11. The van der Waals surface area contributed by atoms with E-state index in [2.05, 4.69) is 57.5 Å². The van der Waals surface area contributed by atoms with E-state index in [4.69, 9.17) is 28.7 Å². The molecule has 1 aromatic heterocycles. The number of nitrogens with one attached hydrogen (secondary N) is 9. The zero-order valence-corrected chi connectivity index (χ0v) is 42.7. The standard InChI is InChI=1S/C50H74N16O9/c1-28(2)41-48(75)65-37(24-30-14-6-4-7-15-30)45(72)62-36(20-13-23-58-50(54)55)44(71)63-38(25-31-27-59-33-17-10-9-16-32(31)33)46(73)61-34(42(51)69)18-8-5-11-21-56-40(68)26-39(47(74)66-41)64-43(70)35(60-29(3)67)19-12-22-57-49(52)53/h4,6-7,9-10,14-17,27-28,34-39,41,59H,5,8,11-13,18-26H2,1-3H3,(H2,51,69)(H,56,68)(H,60,67)(H,61,73)(H,62,72)(H,63,71)(H,64,70)(H,65,75)(H,66,74)(H4,52,53,57)(H4,54,55,58)/t34-,35-,36-,37+,38-,39-,41+/m0/s1. The number of hydrogen-bond donors (Lipinski definition) is 14. The van der Waals surface area contributed by atoms with Gasteiger partial charge in [0.25, 0.3) is 0 Å². The third-order valence-corrected chi connectivity index (χ3v) is 12.3. The highest BCUT2D eigenvalue weighted by molar-refractivity contribution is 5.99. The van der Waals surface area contributed by atoms with Crippen molar-refractivity contribution in [3.63, 3.8) is 0 Å². The van der Waals surface area contributed by atoms with E-state index in [1.54, 1.807) is 50.4 Å². The van der Waals surface area contributed by atoms with E-state index in [1.807, 2.05) is 24.3 Å². The van der Waals surface area contributed by atoms with Crippen LogP contribution in [0.2, 0.25) is 0 Å². The lowest BCUT2D eigenvalue weighted by Crippen LogP contribution is -2.61. The number of nitrogens with zero attached hydrogens (tertiary/aromatic N) is 2. The number of primary amides is 1. The number of carbonyl (C=O) groups excluding carboxylic acids is 9. The Bertz CT molecular complexity index is 2510. The molecule has 2 aromatic carbocycles. The molecule has 3 aromatic rings. The number of aromatic amines is 1. The van der Waals surface area contributed by atoms with E-state index in [0.29, 0.717) is 30.4 Å². The van der Waals surface area contributed by atoms with Gasteiger partial charge in [-0.2, -0.15) is 0 Å². The molecule has 1 fully saturated rings. The van der Waals surface area contributed by atoms with Crippen molar-refractivity contribution in [2.24, 2.45) is 44.6 Å². The van der Waals surface area contributed by atoms with E-state index >= 15 is 0 Å². The van der Waals surface area contributed by atoms with Crippen LogP contribution in [0.15, 0.2) is 70.8 Å². The van der Waals surface area contributed by atoms with Crippen LogP contribution in [0.25, 0.3) is 10.9 Å². The van der Waals surface area contributed by atoms with Crippen molar-refractivity contribution in [1.82, 2.24) is 47.5 Å². The lowest BCUT2D eigenvalue weighted by atomic mass is 9.99. The van der Waals surface area contributed by atoms with Crippen molar-refractivity contribution in [3.05, 3.63) is 71.9 Å². The van der Waals surface area contributed by atoms with E-state index in [1.165, 1.54) is 6.92 Å². The molecule has 1 aliphatic rings. The second-order valence-electron chi connectivity index (χ2n) is 18.7. The predicted octanol–water partition coefficient (Wildman–Crippen LogP) is -2.30. The first kappa shape index (κ1) is 59.3. The van der Waals surface area contributed by atoms with Gasteiger partial charge in [0.05, 0.1) is 6.42 Å². The fourth-order valence-electron chi connectivity index (χ4n) is 8.35. The molecule has 1 saturated heterocycles. The molecule has 1 aliphatic heterocycles. The van der Waals surface area contributed by atoms with E-state index < -0.39 is 108 Å². The minimum atomic E-state index is -1.58. The summed E-state index contributed by atoms with van der Waals surface area (Å²) in [5.41, 5.74) is 29.9. The molecule has 75 heavy (non-hydrogen) atoms. The molecule has 9 amide bonds. The number of fused-ring (bicyclic) bond motifs is 1. The summed E-state index contributed by atoms with van der Waals surface area (Å²) in [4.78, 5) is 136. The van der Waals surface area contributed by atoms with Gasteiger partial charge in [0.2, 0.25) is 53.2 Å². The number of para-hydroxylation sites is 1. The zero-order valence-electron chi connectivity index (χ0n) is 42.7. The first-order valence-electron chi connectivity index (χ1n) is 25.1. The molecule has 25 nitrogen and oxygen atoms in total. The maximum atomic E-state index is 14.6. The van der Waals surface area contributed by atoms with Crippen molar-refractivity contribution in [2.75, 3.05) is 19.6 Å². The van der Waals surface area contributed by atoms with Gasteiger partial charge in [-0.05, 0) is 61.6 Å². The van der Waals surface area contributed by atoms with Crippen LogP contribution in [-0.4, -0.2) is 132 Å². The summed E-state index contributed by atoms with van der Waals surface area (Å²) in [7, 11) is 0. The van der Waals surface area contributed by atoms with Gasteiger partial charge in [0.15, 0.2) is 11.9 Å². The molecule has 0 aliphatic carbocycles. The fraction of sp³-hybridized carbons (Fsp3) is 0.500. The third-order valence-electron chi connectivity index (χ3n) is 12.3. The second kappa shape index (κ2) is 30.1. The molecule has 2 heterocycles. The molecule has 7 atom stereocenters. The SMILES string of the molecule is CC(=O)N[C@@H](CCCN=C(N)N)C(=O)N[C@H]1CC(=O)NCCCCC[C@@H](C(N)=O)NC(=O)[C@H](Cc2c[nH]c3ccccc23)NC(=O)[C@H](CCCN=C(N)N)NC(=O)[C@@H](Cc2ccccc2)NC(=O)[C@@H](C(C)C)NC1=O. The average Bonchev–Trinajstić information content (AvgIpc) is 3.76. The number of aliphatic imine (C=N–C) groups is 2. The number of aromatic nitrogens is 1. The highest BCUT2D eigenvalue weighted by Gasteiger charge is 2.36. The third kappa shape index (κ3) is 20.3. The number of carbonyl (C=O) groups is 9. The Morgan fingerprint density at radius 1 is 0.693 bits per heavy atom. The Balaban J connectivity index is 1.75. The van der Waals surface area contributed by atoms with Gasteiger partial charge in [0, 0.05) is 56.5 Å². The highest BCUT2D eigenvalue weighted by Crippen LogP contribution is 2.20. The minimum absolute atomic E-state index is 0.0441. The van der Waals surface area contributed by atoms with E-state index in [0.717, 1.165) is 10.9 Å². The molecule has 0 bridgehead atoms. The second-order valence-corrected chi connectivity index (χ2v) is 18.7. The zero-order chi connectivity index (χ0) is 55.0. The lowest BCUT2D eigenvalue weighted by Gasteiger charge is -2.29. The number of amides is 9. The summed E-state index contributed by atoms with van der Waals surface area (Å²) in [6.45, 7) is 4.79. The maximum absolute atomic E-state index is 14.6. The lowest BCUT2D eigenvalue weighted by molar-refractivity contribution is -0.137. The summed E-state index contributed by atoms with van der Waals surface area (Å²) in [6.07, 6.45) is 2.73. The quantitative estimate of drug-likeness (QED) is 0.0385. The molecule has 408 valence electrons. The average molecular weight is 1040 g/mol. The number of nitrogens with two attached hydrogens (primary N) is 5. The van der Waals surface area contributed by atoms with Crippen molar-refractivity contribution in [2.45, 2.75) is 134 Å². The monoisotopic (exact) mass is 1040 g/mol. The minimum Gasteiger partial charge on any atom is -0.370 e. The van der Waals surface area contributed by atoms with Crippen LogP contribution in [0.4, 0.5) is 0 Å². The van der Waals surface area contributed by atoms with Gasteiger partial charge in [-0.25, -0.2) is 0 Å². The largest absolute Gasteiger partial charge is 0.370 e.